The number of sulfonamides is 1. The van der Waals surface area contributed by atoms with Crippen LogP contribution >= 0.6 is 0 Å². The first-order valence-corrected chi connectivity index (χ1v) is 18.5. The molecule has 12 heteroatoms. The highest BCUT2D eigenvalue weighted by molar-refractivity contribution is 7.92. The molecule has 1 saturated carbocycles. The Morgan fingerprint density at radius 1 is 1.12 bits per heavy atom. The van der Waals surface area contributed by atoms with Gasteiger partial charge in [-0.05, 0) is 75.6 Å². The largest absolute Gasteiger partial charge is 0.377 e. The van der Waals surface area contributed by atoms with Gasteiger partial charge in [-0.25, -0.2) is 8.42 Å². The second kappa shape index (κ2) is 13.8. The molecule has 1 saturated heterocycles. The number of unbranched alkanes of at least 4 members (excludes halogenated alkanes) is 1. The van der Waals surface area contributed by atoms with Crippen LogP contribution in [-0.2, 0) is 37.5 Å². The predicted molar refractivity (Wildman–Crippen MR) is 183 cm³/mol. The van der Waals surface area contributed by atoms with E-state index >= 15 is 0 Å². The van der Waals surface area contributed by atoms with Gasteiger partial charge in [0.1, 0.15) is 11.6 Å². The average Bonchev–Trinajstić information content (AvgIpc) is 3.86. The van der Waals surface area contributed by atoms with Gasteiger partial charge in [0.2, 0.25) is 5.91 Å². The van der Waals surface area contributed by atoms with Crippen molar-refractivity contribution >= 4 is 33.5 Å². The number of nitrogens with zero attached hydrogens (tertiary/aromatic N) is 4. The first kappa shape index (κ1) is 33.9. The topological polar surface area (TPSA) is 134 Å². The smallest absolute Gasteiger partial charge is 0.263 e. The summed E-state index contributed by atoms with van der Waals surface area (Å²) in [4.78, 5) is 36.1. The average molecular weight is 676 g/mol. The van der Waals surface area contributed by atoms with Gasteiger partial charge < -0.3 is 14.2 Å². The lowest BCUT2D eigenvalue weighted by Gasteiger charge is -2.37. The second-order valence-corrected chi connectivity index (χ2v) is 14.8. The maximum absolute atomic E-state index is 14.3. The van der Waals surface area contributed by atoms with Crippen molar-refractivity contribution in [2.45, 2.75) is 96.2 Å². The molecule has 6 rings (SSSR count). The van der Waals surface area contributed by atoms with Crippen LogP contribution in [0.5, 0.6) is 0 Å². The van der Waals surface area contributed by atoms with Gasteiger partial charge in [0.05, 0.1) is 24.6 Å². The van der Waals surface area contributed by atoms with Crippen molar-refractivity contribution in [1.82, 2.24) is 15.0 Å². The molecule has 0 unspecified atom stereocenters. The number of aryl methyl sites for hydroxylation is 1. The Labute approximate surface area is 282 Å². The van der Waals surface area contributed by atoms with Crippen LogP contribution in [0.25, 0.3) is 11.1 Å². The number of hydrogen-bond acceptors (Lipinski definition) is 8. The van der Waals surface area contributed by atoms with Crippen molar-refractivity contribution in [1.29, 1.82) is 0 Å². The summed E-state index contributed by atoms with van der Waals surface area (Å²) < 4.78 is 41.0. The van der Waals surface area contributed by atoms with Crippen LogP contribution in [0, 0.1) is 19.8 Å². The van der Waals surface area contributed by atoms with Crippen LogP contribution in [0.3, 0.4) is 0 Å². The summed E-state index contributed by atoms with van der Waals surface area (Å²) in [5.41, 5.74) is 2.61. The number of amidine groups is 1. The Morgan fingerprint density at radius 2 is 1.92 bits per heavy atom. The number of amides is 2. The van der Waals surface area contributed by atoms with Crippen LogP contribution in [0.1, 0.15) is 81.2 Å². The molecule has 1 aliphatic carbocycles. The third-order valence-electron chi connectivity index (χ3n) is 9.59. The third-order valence-corrected chi connectivity index (χ3v) is 11.0. The third kappa shape index (κ3) is 6.78. The van der Waals surface area contributed by atoms with E-state index in [9.17, 15) is 18.0 Å². The number of aliphatic imine (C=N–C) groups is 1. The van der Waals surface area contributed by atoms with E-state index < -0.39 is 15.6 Å². The number of anilines is 1. The molecule has 3 aliphatic rings. The van der Waals surface area contributed by atoms with E-state index in [4.69, 9.17) is 14.3 Å². The van der Waals surface area contributed by atoms with Gasteiger partial charge in [-0.2, -0.15) is 0 Å². The lowest BCUT2D eigenvalue weighted by Crippen LogP contribution is -2.55. The molecule has 48 heavy (non-hydrogen) atoms. The minimum atomic E-state index is -4.03. The Kier molecular flexibility index (Phi) is 9.76. The Hall–Kier alpha value is -4.03. The van der Waals surface area contributed by atoms with Crippen molar-refractivity contribution in [3.8, 4) is 11.1 Å². The van der Waals surface area contributed by atoms with Crippen molar-refractivity contribution in [2.75, 3.05) is 24.4 Å². The van der Waals surface area contributed by atoms with Gasteiger partial charge >= 0.3 is 0 Å². The summed E-state index contributed by atoms with van der Waals surface area (Å²) in [5, 5.41) is 3.89. The highest BCUT2D eigenvalue weighted by Gasteiger charge is 2.51. The van der Waals surface area contributed by atoms with Crippen LogP contribution in [0.2, 0.25) is 0 Å². The molecule has 1 atom stereocenters. The molecule has 2 fully saturated rings. The fourth-order valence-corrected chi connectivity index (χ4v) is 7.91. The lowest BCUT2D eigenvalue weighted by molar-refractivity contribution is -0.139. The molecule has 1 N–H and O–H groups in total. The number of piperidine rings is 1. The summed E-state index contributed by atoms with van der Waals surface area (Å²) in [7, 11) is -4.03. The Morgan fingerprint density at radius 3 is 2.62 bits per heavy atom. The van der Waals surface area contributed by atoms with Crippen LogP contribution < -0.4 is 4.72 Å². The van der Waals surface area contributed by atoms with Crippen molar-refractivity contribution in [3.05, 3.63) is 64.9 Å². The number of hydrogen-bond donors (Lipinski definition) is 1. The summed E-state index contributed by atoms with van der Waals surface area (Å²) in [6, 6.07) is 12.7. The van der Waals surface area contributed by atoms with E-state index in [1.54, 1.807) is 38.1 Å². The van der Waals surface area contributed by atoms with Crippen molar-refractivity contribution in [2.24, 2.45) is 10.9 Å². The highest BCUT2D eigenvalue weighted by atomic mass is 32.2. The highest BCUT2D eigenvalue weighted by Crippen LogP contribution is 2.39. The molecule has 0 radical (unpaired) electrons. The fourth-order valence-electron chi connectivity index (χ4n) is 6.63. The molecule has 2 aliphatic heterocycles. The number of rotatable bonds is 13. The number of nitrogens with one attached hydrogen (secondary N) is 1. The van der Waals surface area contributed by atoms with Gasteiger partial charge in [0.15, 0.2) is 11.4 Å². The molecular formula is C36H45N5O6S. The maximum Gasteiger partial charge on any atom is 0.263 e. The minimum Gasteiger partial charge on any atom is -0.377 e. The Bertz CT molecular complexity index is 1830. The van der Waals surface area contributed by atoms with Gasteiger partial charge in [-0.1, -0.05) is 54.9 Å². The second-order valence-electron chi connectivity index (χ2n) is 13.1. The van der Waals surface area contributed by atoms with Gasteiger partial charge in [0.25, 0.3) is 15.9 Å². The zero-order chi connectivity index (χ0) is 34.1. The molecule has 1 spiro atoms. The number of carbonyl (C=O) groups excluding carboxylic acids is 2. The van der Waals surface area contributed by atoms with E-state index in [-0.39, 0.29) is 35.1 Å². The quantitative estimate of drug-likeness (QED) is 0.235. The molecular weight excluding hydrogens is 630 g/mol. The molecule has 2 aromatic carbocycles. The molecule has 1 aromatic heterocycles. The normalized spacial score (nSPS) is 19.7. The molecule has 3 heterocycles. The van der Waals surface area contributed by atoms with Gasteiger partial charge in [0, 0.05) is 36.6 Å². The first-order valence-electron chi connectivity index (χ1n) is 17.0. The standard InChI is InChI=1S/C36H45N5O6S/c1-5-7-13-32-37-36(18-10-19-40(23-36)34(42)27-15-16-27)35(43)41(32)21-26-14-17-29(28(20-26)22-46-6-2)30-11-8-9-12-31(30)48(44,45)39-33-24(3)25(4)47-38-33/h8-9,11-12,14,17,20,27H,5-7,10,13,15-16,18-19,21-23H2,1-4H3,(H,38,39)/t36-/m0/s1. The number of benzene rings is 2. The van der Waals surface area contributed by atoms with E-state index in [0.717, 1.165) is 49.1 Å². The van der Waals surface area contributed by atoms with Crippen molar-refractivity contribution < 1.29 is 27.3 Å². The Balaban J connectivity index is 1.31. The number of likely N-dealkylation sites (tertiary alicyclic amines) is 1. The molecule has 0 bridgehead atoms. The molecule has 2 amide bonds. The molecule has 11 nitrogen and oxygen atoms in total. The zero-order valence-corrected chi connectivity index (χ0v) is 29.1. The first-order chi connectivity index (χ1) is 23.1. The fraction of sp³-hybridized carbons (Fsp3) is 0.500. The number of ether oxygens (including phenoxy) is 1. The van der Waals surface area contributed by atoms with E-state index in [0.29, 0.717) is 61.5 Å². The summed E-state index contributed by atoms with van der Waals surface area (Å²) >= 11 is 0. The van der Waals surface area contributed by atoms with Gasteiger partial charge in [-0.3, -0.25) is 24.2 Å². The number of carbonyl (C=O) groups is 2. The monoisotopic (exact) mass is 675 g/mol. The van der Waals surface area contributed by atoms with Crippen LogP contribution in [0.4, 0.5) is 5.82 Å². The van der Waals surface area contributed by atoms with Crippen LogP contribution in [0.15, 0.2) is 56.9 Å². The van der Waals surface area contributed by atoms with E-state index in [2.05, 4.69) is 16.8 Å². The van der Waals surface area contributed by atoms with Crippen LogP contribution in [-0.4, -0.2) is 66.3 Å². The van der Waals surface area contributed by atoms with E-state index in [1.165, 1.54) is 0 Å². The van der Waals surface area contributed by atoms with E-state index in [1.807, 2.05) is 34.9 Å². The summed E-state index contributed by atoms with van der Waals surface area (Å²) in [6.07, 6.45) is 5.82. The number of aromatic nitrogens is 1. The zero-order valence-electron chi connectivity index (χ0n) is 28.3. The van der Waals surface area contributed by atoms with Gasteiger partial charge in [-0.15, -0.1) is 0 Å². The minimum absolute atomic E-state index is 0.0433. The maximum atomic E-state index is 14.3. The predicted octanol–water partition coefficient (Wildman–Crippen LogP) is 6.00. The SMILES string of the molecule is CCCCC1=N[C@]2(CCCN(C(=O)C3CC3)C2)C(=O)N1Cc1ccc(-c2ccccc2S(=O)(=O)Nc2noc(C)c2C)c(COCC)c1. The van der Waals surface area contributed by atoms with Crippen molar-refractivity contribution in [3.63, 3.8) is 0 Å². The summed E-state index contributed by atoms with van der Waals surface area (Å²) in [5.74, 6) is 1.68. The lowest BCUT2D eigenvalue weighted by atomic mass is 9.88. The summed E-state index contributed by atoms with van der Waals surface area (Å²) in [6.45, 7) is 9.59. The molecule has 256 valence electrons. The molecule has 3 aromatic rings.